The molecule has 0 aliphatic heterocycles. The Balaban J connectivity index is 1.38. The zero-order valence-electron chi connectivity index (χ0n) is 18.0. The monoisotopic (exact) mass is 496 g/mol. The van der Waals surface area contributed by atoms with Gasteiger partial charge in [0.1, 0.15) is 12.4 Å². The predicted octanol–water partition coefficient (Wildman–Crippen LogP) is 4.69. The van der Waals surface area contributed by atoms with Crippen LogP contribution in [0.4, 0.5) is 0 Å². The van der Waals surface area contributed by atoms with Crippen LogP contribution in [0.15, 0.2) is 36.4 Å². The first-order chi connectivity index (χ1) is 15.3. The van der Waals surface area contributed by atoms with E-state index in [0.717, 1.165) is 49.8 Å². The molecule has 174 valence electrons. The molecule has 0 radical (unpaired) electrons. The normalized spacial score (nSPS) is 21.1. The molecule has 1 saturated carbocycles. The van der Waals surface area contributed by atoms with Crippen molar-refractivity contribution in [3.05, 3.63) is 63.1 Å². The molecule has 0 amide bonds. The van der Waals surface area contributed by atoms with Gasteiger partial charge in [-0.25, -0.2) is 13.1 Å². The van der Waals surface area contributed by atoms with E-state index in [1.807, 2.05) is 24.3 Å². The second-order valence-corrected chi connectivity index (χ2v) is 11.6. The van der Waals surface area contributed by atoms with E-state index in [1.54, 1.807) is 0 Å². The Labute approximate surface area is 200 Å². The van der Waals surface area contributed by atoms with Crippen LogP contribution in [0.25, 0.3) is 0 Å². The highest BCUT2D eigenvalue weighted by Crippen LogP contribution is 2.36. The van der Waals surface area contributed by atoms with E-state index in [1.165, 1.54) is 11.1 Å². The second kappa shape index (κ2) is 10.3. The largest absolute Gasteiger partial charge is 0.492 e. The Morgan fingerprint density at radius 2 is 1.88 bits per heavy atom. The van der Waals surface area contributed by atoms with Crippen LogP contribution >= 0.6 is 23.2 Å². The number of nitrogens with one attached hydrogen (secondary N) is 1. The number of nitrogens with two attached hydrogens (primary N) is 1. The lowest BCUT2D eigenvalue weighted by atomic mass is 9.76. The van der Waals surface area contributed by atoms with Gasteiger partial charge in [0.15, 0.2) is 0 Å². The molecule has 2 aromatic rings. The van der Waals surface area contributed by atoms with Gasteiger partial charge in [-0.2, -0.15) is 0 Å². The number of ether oxygens (including phenoxy) is 1. The van der Waals surface area contributed by atoms with Crippen LogP contribution < -0.4 is 15.2 Å². The lowest BCUT2D eigenvalue weighted by molar-refractivity contribution is 0.319. The fourth-order valence-electron chi connectivity index (χ4n) is 4.57. The molecule has 2 aliphatic carbocycles. The first kappa shape index (κ1) is 23.8. The van der Waals surface area contributed by atoms with Crippen molar-refractivity contribution in [2.24, 2.45) is 11.7 Å². The molecule has 2 aromatic carbocycles. The van der Waals surface area contributed by atoms with Crippen molar-refractivity contribution in [2.45, 2.75) is 50.5 Å². The van der Waals surface area contributed by atoms with E-state index >= 15 is 0 Å². The molecule has 0 heterocycles. The molecule has 2 atom stereocenters. The number of benzene rings is 2. The summed E-state index contributed by atoms with van der Waals surface area (Å²) in [7, 11) is -3.23. The predicted molar refractivity (Wildman–Crippen MR) is 130 cm³/mol. The molecular formula is C24H30Cl2N2O3S. The van der Waals surface area contributed by atoms with Crippen LogP contribution in [0, 0.1) is 5.92 Å². The van der Waals surface area contributed by atoms with Gasteiger partial charge in [-0.3, -0.25) is 0 Å². The molecule has 32 heavy (non-hydrogen) atoms. The fourth-order valence-corrected chi connectivity index (χ4v) is 6.35. The minimum Gasteiger partial charge on any atom is -0.492 e. The van der Waals surface area contributed by atoms with Crippen LogP contribution in [0.5, 0.6) is 5.75 Å². The molecule has 0 saturated heterocycles. The van der Waals surface area contributed by atoms with Crippen LogP contribution in [0.3, 0.4) is 0 Å². The first-order valence-corrected chi connectivity index (χ1v) is 13.6. The summed E-state index contributed by atoms with van der Waals surface area (Å²) in [6.45, 7) is 0.546. The summed E-state index contributed by atoms with van der Waals surface area (Å²) < 4.78 is 32.8. The van der Waals surface area contributed by atoms with E-state index in [2.05, 4.69) is 16.9 Å². The van der Waals surface area contributed by atoms with Crippen molar-refractivity contribution < 1.29 is 13.2 Å². The van der Waals surface area contributed by atoms with E-state index in [0.29, 0.717) is 16.0 Å². The van der Waals surface area contributed by atoms with Crippen molar-refractivity contribution in [1.29, 1.82) is 0 Å². The summed E-state index contributed by atoms with van der Waals surface area (Å²) in [4.78, 5) is 0. The molecule has 0 aromatic heterocycles. The Kier molecular flexibility index (Phi) is 7.68. The van der Waals surface area contributed by atoms with E-state index < -0.39 is 10.0 Å². The van der Waals surface area contributed by atoms with Gasteiger partial charge in [-0.1, -0.05) is 41.8 Å². The number of fused-ring (bicyclic) bond motifs is 1. The number of rotatable bonds is 9. The minimum atomic E-state index is -3.23. The Morgan fingerprint density at radius 1 is 1.06 bits per heavy atom. The SMILES string of the molecule is NC1CCc2ccc(OCCNS(=O)(=O)CC3CCC3)cc2C1Cc1ccc(Cl)c(Cl)c1. The summed E-state index contributed by atoms with van der Waals surface area (Å²) in [6, 6.07) is 11.9. The highest BCUT2D eigenvalue weighted by atomic mass is 35.5. The summed E-state index contributed by atoms with van der Waals surface area (Å²) in [5.74, 6) is 1.42. The Bertz CT molecular complexity index is 1060. The Hall–Kier alpha value is -1.31. The van der Waals surface area contributed by atoms with Crippen LogP contribution in [-0.4, -0.2) is 33.4 Å². The molecule has 2 aliphatic rings. The van der Waals surface area contributed by atoms with Crippen LogP contribution in [0.2, 0.25) is 10.0 Å². The number of hydrogen-bond donors (Lipinski definition) is 2. The van der Waals surface area contributed by atoms with Gasteiger partial charge in [0.25, 0.3) is 0 Å². The van der Waals surface area contributed by atoms with Gasteiger partial charge in [-0.05, 0) is 79.0 Å². The number of aryl methyl sites for hydroxylation is 1. The molecule has 8 heteroatoms. The van der Waals surface area contributed by atoms with Gasteiger partial charge in [-0.15, -0.1) is 0 Å². The lowest BCUT2D eigenvalue weighted by Crippen LogP contribution is -2.35. The Morgan fingerprint density at radius 3 is 2.59 bits per heavy atom. The van der Waals surface area contributed by atoms with Crippen molar-refractivity contribution in [3.63, 3.8) is 0 Å². The topological polar surface area (TPSA) is 81.4 Å². The first-order valence-electron chi connectivity index (χ1n) is 11.2. The maximum absolute atomic E-state index is 12.1. The summed E-state index contributed by atoms with van der Waals surface area (Å²) in [6.07, 6.45) is 5.81. The standard InChI is InChI=1S/C24H30Cl2N2O3S/c25-22-8-4-17(13-23(22)26)12-21-20-14-19(7-5-18(20)6-9-24(21)27)31-11-10-28-32(29,30)15-16-2-1-3-16/h4-5,7-8,13-14,16,21,24,28H,1-3,6,9-12,15,27H2. The van der Waals surface area contributed by atoms with Crippen molar-refractivity contribution in [3.8, 4) is 5.75 Å². The molecule has 4 rings (SSSR count). The number of sulfonamides is 1. The van der Waals surface area contributed by atoms with Gasteiger partial charge >= 0.3 is 0 Å². The van der Waals surface area contributed by atoms with Crippen molar-refractivity contribution in [1.82, 2.24) is 4.72 Å². The van der Waals surface area contributed by atoms with E-state index in [9.17, 15) is 8.42 Å². The third kappa shape index (κ3) is 5.97. The van der Waals surface area contributed by atoms with Gasteiger partial charge in [0.2, 0.25) is 10.0 Å². The maximum atomic E-state index is 12.1. The highest BCUT2D eigenvalue weighted by Gasteiger charge is 2.28. The van der Waals surface area contributed by atoms with Crippen molar-refractivity contribution in [2.75, 3.05) is 18.9 Å². The quantitative estimate of drug-likeness (QED) is 0.493. The van der Waals surface area contributed by atoms with Gasteiger partial charge in [0.05, 0.1) is 15.8 Å². The van der Waals surface area contributed by atoms with Crippen LogP contribution in [-0.2, 0) is 22.9 Å². The molecule has 5 nitrogen and oxygen atoms in total. The molecule has 0 spiro atoms. The third-order valence-electron chi connectivity index (χ3n) is 6.59. The highest BCUT2D eigenvalue weighted by molar-refractivity contribution is 7.89. The number of hydrogen-bond acceptors (Lipinski definition) is 4. The summed E-state index contributed by atoms with van der Waals surface area (Å²) >= 11 is 12.3. The minimum absolute atomic E-state index is 0.0468. The molecule has 3 N–H and O–H groups in total. The zero-order chi connectivity index (χ0) is 22.7. The smallest absolute Gasteiger partial charge is 0.211 e. The lowest BCUT2D eigenvalue weighted by Gasteiger charge is -2.32. The van der Waals surface area contributed by atoms with Crippen molar-refractivity contribution >= 4 is 33.2 Å². The average molecular weight is 497 g/mol. The summed E-state index contributed by atoms with van der Waals surface area (Å²) in [5, 5.41) is 1.09. The number of halogens is 2. The van der Waals surface area contributed by atoms with E-state index in [4.69, 9.17) is 33.7 Å². The fraction of sp³-hybridized carbons (Fsp3) is 0.500. The molecular weight excluding hydrogens is 467 g/mol. The van der Waals surface area contributed by atoms with E-state index in [-0.39, 0.29) is 30.9 Å². The van der Waals surface area contributed by atoms with Crippen LogP contribution in [0.1, 0.15) is 48.3 Å². The third-order valence-corrected chi connectivity index (χ3v) is 8.89. The maximum Gasteiger partial charge on any atom is 0.211 e. The molecule has 0 bridgehead atoms. The molecule has 1 fully saturated rings. The van der Waals surface area contributed by atoms with Gasteiger partial charge < -0.3 is 10.5 Å². The van der Waals surface area contributed by atoms with Gasteiger partial charge in [0, 0.05) is 18.5 Å². The zero-order valence-corrected chi connectivity index (χ0v) is 20.4. The average Bonchev–Trinajstić information content (AvgIpc) is 2.73. The second-order valence-electron chi connectivity index (χ2n) is 8.94. The molecule has 2 unspecified atom stereocenters. The summed E-state index contributed by atoms with van der Waals surface area (Å²) in [5.41, 5.74) is 10.1.